The number of likely N-dealkylation sites (tertiary alicyclic amines) is 1. The molecule has 0 spiro atoms. The molecule has 6 aliphatic rings. The number of aromatic amines is 1. The van der Waals surface area contributed by atoms with Crippen LogP contribution in [0, 0.1) is 11.8 Å². The predicted molar refractivity (Wildman–Crippen MR) is 230 cm³/mol. The summed E-state index contributed by atoms with van der Waals surface area (Å²) in [7, 11) is 0. The van der Waals surface area contributed by atoms with E-state index in [1.165, 1.54) is 12.8 Å². The van der Waals surface area contributed by atoms with Crippen molar-refractivity contribution >= 4 is 40.1 Å². The maximum atomic E-state index is 13.4. The predicted octanol–water partition coefficient (Wildman–Crippen LogP) is 5.48. The number of allylic oxidation sites excluding steroid dienone is 1. The number of piperazine rings is 1. The molecule has 0 radical (unpaired) electrons. The van der Waals surface area contributed by atoms with Crippen molar-refractivity contribution in [3.63, 3.8) is 0 Å². The van der Waals surface area contributed by atoms with Gasteiger partial charge in [-0.05, 0) is 127 Å². The highest BCUT2D eigenvalue weighted by Gasteiger charge is 2.44. The molecule has 2 aromatic heterocycles. The van der Waals surface area contributed by atoms with Crippen molar-refractivity contribution in [1.82, 2.24) is 40.2 Å². The van der Waals surface area contributed by atoms with Crippen molar-refractivity contribution in [3.05, 3.63) is 72.2 Å². The first kappa shape index (κ1) is 38.8. The number of aromatic nitrogens is 4. The molecule has 1 unspecified atom stereocenters. The fourth-order valence-corrected chi connectivity index (χ4v) is 10.1. The summed E-state index contributed by atoms with van der Waals surface area (Å²) < 4.78 is 6.25. The van der Waals surface area contributed by atoms with Crippen molar-refractivity contribution in [2.75, 3.05) is 68.7 Å². The minimum Gasteiger partial charge on any atom is -0.488 e. The molecule has 1 aliphatic carbocycles. The fourth-order valence-electron chi connectivity index (χ4n) is 10.1. The number of H-pyrrole nitrogens is 1. The van der Waals surface area contributed by atoms with Crippen molar-refractivity contribution in [1.29, 1.82) is 0 Å². The third-order valence-electron chi connectivity index (χ3n) is 14.1. The third kappa shape index (κ3) is 7.64. The van der Waals surface area contributed by atoms with Crippen LogP contribution in [-0.2, 0) is 4.79 Å². The zero-order valence-corrected chi connectivity index (χ0v) is 34.9. The van der Waals surface area contributed by atoms with Gasteiger partial charge in [0, 0.05) is 74.7 Å². The van der Waals surface area contributed by atoms with Crippen LogP contribution in [0.1, 0.15) is 85.9 Å². The van der Waals surface area contributed by atoms with Gasteiger partial charge < -0.3 is 24.8 Å². The first-order valence-corrected chi connectivity index (χ1v) is 22.0. The van der Waals surface area contributed by atoms with Crippen LogP contribution in [0.4, 0.5) is 11.5 Å². The van der Waals surface area contributed by atoms with E-state index in [2.05, 4.69) is 72.7 Å². The maximum Gasteiger partial charge on any atom is 0.262 e. The van der Waals surface area contributed by atoms with Gasteiger partial charge in [-0.1, -0.05) is 6.58 Å². The highest BCUT2D eigenvalue weighted by atomic mass is 16.5. The van der Waals surface area contributed by atoms with E-state index >= 15 is 0 Å². The Bertz CT molecular complexity index is 2320. The van der Waals surface area contributed by atoms with Crippen LogP contribution < -0.4 is 19.9 Å². The lowest BCUT2D eigenvalue weighted by Gasteiger charge is -2.43. The summed E-state index contributed by atoms with van der Waals surface area (Å²) in [5.74, 6) is 2.08. The summed E-state index contributed by atoms with van der Waals surface area (Å²) >= 11 is 0. The van der Waals surface area contributed by atoms with E-state index in [1.807, 2.05) is 24.3 Å². The van der Waals surface area contributed by atoms with Crippen LogP contribution in [-0.4, -0.2) is 129 Å². The molecule has 5 aliphatic heterocycles. The first-order valence-electron chi connectivity index (χ1n) is 22.0. The second-order valence-corrected chi connectivity index (χ2v) is 18.4. The van der Waals surface area contributed by atoms with E-state index in [0.29, 0.717) is 47.5 Å². The van der Waals surface area contributed by atoms with Crippen LogP contribution in [0.5, 0.6) is 5.75 Å². The Morgan fingerprint density at radius 3 is 2.37 bits per heavy atom. The number of nitrogens with zero attached hydrogens (tertiary/aromatic N) is 8. The smallest absolute Gasteiger partial charge is 0.262 e. The van der Waals surface area contributed by atoms with Gasteiger partial charge in [0.05, 0.1) is 22.3 Å². The molecule has 3 amide bonds. The number of hydrogen-bond acceptors (Lipinski definition) is 11. The summed E-state index contributed by atoms with van der Waals surface area (Å²) in [6.07, 6.45) is 9.48. The Hall–Kier alpha value is -5.34. The summed E-state index contributed by atoms with van der Waals surface area (Å²) in [4.78, 5) is 59.9. The molecule has 7 heterocycles. The van der Waals surface area contributed by atoms with Crippen molar-refractivity contribution in [2.24, 2.45) is 11.8 Å². The number of hydrogen-bond donors (Lipinski definition) is 2. The molecule has 14 nitrogen and oxygen atoms in total. The lowest BCUT2D eigenvalue weighted by molar-refractivity contribution is -0.125. The Labute approximate surface area is 351 Å². The highest BCUT2D eigenvalue weighted by Crippen LogP contribution is 2.41. The summed E-state index contributed by atoms with van der Waals surface area (Å²) in [5, 5.41) is 11.5. The maximum absolute atomic E-state index is 13.4. The van der Waals surface area contributed by atoms with Crippen molar-refractivity contribution in [2.45, 2.75) is 82.9 Å². The Balaban J connectivity index is 0.677. The first-order chi connectivity index (χ1) is 29.1. The third-order valence-corrected chi connectivity index (χ3v) is 14.1. The normalized spacial score (nSPS) is 24.3. The average Bonchev–Trinajstić information content (AvgIpc) is 3.74. The highest BCUT2D eigenvalue weighted by molar-refractivity contribution is 6.23. The molecule has 2 atom stereocenters. The number of piperidine rings is 3. The summed E-state index contributed by atoms with van der Waals surface area (Å²) in [6, 6.07) is 13.4. The molecule has 2 aromatic carbocycles. The van der Waals surface area contributed by atoms with Gasteiger partial charge in [-0.15, -0.1) is 0 Å². The number of benzene rings is 2. The number of nitrogens with one attached hydrogen (secondary N) is 2. The molecule has 2 N–H and O–H groups in total. The number of fused-ring (bicyclic) bond motifs is 2. The van der Waals surface area contributed by atoms with Gasteiger partial charge in [-0.25, -0.2) is 9.97 Å². The minimum absolute atomic E-state index is 0.0426. The number of anilines is 2. The lowest BCUT2D eigenvalue weighted by atomic mass is 9.92. The molecule has 14 heteroatoms. The van der Waals surface area contributed by atoms with E-state index in [0.717, 1.165) is 129 Å². The SMILES string of the molecule is C=C1CCC(N2C(=O)c3ccc(N4CCC(CN5CCC(CN6CCN(c7cc(-c8n[nH]c9ccc(OC%10(C)CC%10)cc89)ncn7)C[C@@H]6C)CC5)CC4)cc3C2=O)C(=O)N1. The van der Waals surface area contributed by atoms with Crippen LogP contribution in [0.25, 0.3) is 22.3 Å². The van der Waals surface area contributed by atoms with Gasteiger partial charge in [0.2, 0.25) is 5.91 Å². The zero-order valence-electron chi connectivity index (χ0n) is 34.9. The zero-order chi connectivity index (χ0) is 41.1. The molecule has 60 heavy (non-hydrogen) atoms. The monoisotopic (exact) mass is 812 g/mol. The molecule has 4 aromatic rings. The van der Waals surface area contributed by atoms with Gasteiger partial charge >= 0.3 is 0 Å². The second-order valence-electron chi connectivity index (χ2n) is 18.4. The fraction of sp³-hybridized carbons (Fsp3) is 0.522. The van der Waals surface area contributed by atoms with E-state index in [1.54, 1.807) is 12.4 Å². The number of carbonyl (C=O) groups excluding carboxylic acids is 3. The van der Waals surface area contributed by atoms with Gasteiger partial charge in [0.25, 0.3) is 11.8 Å². The summed E-state index contributed by atoms with van der Waals surface area (Å²) in [6.45, 7) is 17.7. The number of imide groups is 1. The van der Waals surface area contributed by atoms with Crippen LogP contribution in [0.2, 0.25) is 0 Å². The molecular weight excluding hydrogens is 757 g/mol. The van der Waals surface area contributed by atoms with Gasteiger partial charge in [0.1, 0.15) is 35.2 Å². The average molecular weight is 813 g/mol. The Kier molecular flexibility index (Phi) is 10.1. The molecule has 314 valence electrons. The topological polar surface area (TPSA) is 143 Å². The molecule has 5 fully saturated rings. The van der Waals surface area contributed by atoms with E-state index in [9.17, 15) is 14.4 Å². The molecule has 0 bridgehead atoms. The standard InChI is InChI=1S/C46H56N10O4/c1-29-4-9-40(43(57)49-29)56-44(58)35-7-5-33(22-36(35)45(56)59)53-18-12-31(13-19-53)26-52-16-10-32(11-17-52)27-54-20-21-55(25-30(54)2)41-24-39(47-28-48-41)42-37-23-34(60-46(3)14-15-46)6-8-38(37)50-51-42/h5-8,22-24,28,30-32,40H,1,4,9-21,25-27H2,2-3H3,(H,49,57)(H,50,51)/t30-,40?/m0/s1. The molecular formula is C46H56N10O4. The lowest BCUT2D eigenvalue weighted by Crippen LogP contribution is -2.54. The molecule has 4 saturated heterocycles. The molecule has 1 saturated carbocycles. The van der Waals surface area contributed by atoms with Crippen molar-refractivity contribution in [3.8, 4) is 17.1 Å². The Morgan fingerprint density at radius 2 is 1.60 bits per heavy atom. The van der Waals surface area contributed by atoms with Crippen LogP contribution >= 0.6 is 0 Å². The van der Waals surface area contributed by atoms with Gasteiger partial charge in [-0.2, -0.15) is 5.10 Å². The van der Waals surface area contributed by atoms with E-state index < -0.39 is 6.04 Å². The van der Waals surface area contributed by atoms with Crippen LogP contribution in [0.15, 0.2) is 61.1 Å². The van der Waals surface area contributed by atoms with Gasteiger partial charge in [0.15, 0.2) is 0 Å². The van der Waals surface area contributed by atoms with Gasteiger partial charge in [-0.3, -0.25) is 29.3 Å². The largest absolute Gasteiger partial charge is 0.488 e. The summed E-state index contributed by atoms with van der Waals surface area (Å²) in [5.41, 5.74) is 4.95. The quantitative estimate of drug-likeness (QED) is 0.197. The van der Waals surface area contributed by atoms with Crippen molar-refractivity contribution < 1.29 is 19.1 Å². The number of rotatable bonds is 10. The van der Waals surface area contributed by atoms with E-state index in [-0.39, 0.29) is 23.3 Å². The minimum atomic E-state index is -0.793. The number of amides is 3. The number of carbonyl (C=O) groups is 3. The van der Waals surface area contributed by atoms with Crippen LogP contribution in [0.3, 0.4) is 0 Å². The number of ether oxygens (including phenoxy) is 1. The van der Waals surface area contributed by atoms with E-state index in [4.69, 9.17) is 9.72 Å². The second kappa shape index (κ2) is 15.6. The Morgan fingerprint density at radius 1 is 0.833 bits per heavy atom. The molecule has 10 rings (SSSR count).